The Balaban J connectivity index is 2.28. The van der Waals surface area contributed by atoms with Gasteiger partial charge in [-0.25, -0.2) is 0 Å². The molecule has 0 amide bonds. The van der Waals surface area contributed by atoms with Crippen LogP contribution in [0, 0.1) is 5.92 Å². The average Bonchev–Trinajstić information content (AvgIpc) is 2.32. The van der Waals surface area contributed by atoms with E-state index in [0.717, 1.165) is 5.56 Å². The Hall–Kier alpha value is -1.68. The molecule has 4 nitrogen and oxygen atoms in total. The van der Waals surface area contributed by atoms with E-state index >= 15 is 0 Å². The number of hydrogen-bond donors (Lipinski definition) is 1. The number of benzene rings is 1. The van der Waals surface area contributed by atoms with Gasteiger partial charge in [-0.05, 0) is 12.6 Å². The molecule has 1 fully saturated rings. The van der Waals surface area contributed by atoms with Crippen molar-refractivity contribution in [2.45, 2.75) is 5.92 Å². The zero-order valence-corrected chi connectivity index (χ0v) is 9.67. The van der Waals surface area contributed by atoms with Gasteiger partial charge >= 0.3 is 5.97 Å². The highest BCUT2D eigenvalue weighted by atomic mass is 16.4. The maximum Gasteiger partial charge on any atom is 0.315 e. The summed E-state index contributed by atoms with van der Waals surface area (Å²) in [7, 11) is 1.85. The van der Waals surface area contributed by atoms with Crippen LogP contribution in [0.15, 0.2) is 30.3 Å². The van der Waals surface area contributed by atoms with Gasteiger partial charge in [0.2, 0.25) is 0 Å². The topological polar surface area (TPSA) is 57.6 Å². The van der Waals surface area contributed by atoms with E-state index in [1.807, 2.05) is 42.3 Å². The summed E-state index contributed by atoms with van der Waals surface area (Å²) in [6, 6.07) is 9.37. The number of carbonyl (C=O) groups is 2. The fourth-order valence-electron chi connectivity index (χ4n) is 2.28. The van der Waals surface area contributed by atoms with Crippen molar-refractivity contribution in [1.29, 1.82) is 0 Å². The van der Waals surface area contributed by atoms with E-state index in [1.165, 1.54) is 0 Å². The standard InChI is InChI=1S/C13H15NO3/c1-14-7-10(9-5-3-2-4-6-9)12(15)11(8-14)13(16)17/h2-6,10-11H,7-8H2,1H3,(H,16,17). The summed E-state index contributed by atoms with van der Waals surface area (Å²) < 4.78 is 0. The van der Waals surface area contributed by atoms with Crippen LogP contribution in [-0.2, 0) is 9.59 Å². The van der Waals surface area contributed by atoms with E-state index in [-0.39, 0.29) is 11.7 Å². The first-order chi connectivity index (χ1) is 8.09. The third-order valence-electron chi connectivity index (χ3n) is 3.18. The lowest BCUT2D eigenvalue weighted by atomic mass is 9.83. The van der Waals surface area contributed by atoms with Gasteiger partial charge in [-0.1, -0.05) is 30.3 Å². The molecule has 1 aromatic rings. The van der Waals surface area contributed by atoms with Crippen LogP contribution in [0.4, 0.5) is 0 Å². The quantitative estimate of drug-likeness (QED) is 0.774. The Morgan fingerprint density at radius 2 is 1.94 bits per heavy atom. The first kappa shape index (κ1) is 11.8. The molecule has 0 saturated carbocycles. The van der Waals surface area contributed by atoms with Crippen molar-refractivity contribution in [3.63, 3.8) is 0 Å². The normalized spacial score (nSPS) is 25.8. The van der Waals surface area contributed by atoms with Gasteiger partial charge in [0, 0.05) is 13.1 Å². The Bertz CT molecular complexity index is 430. The summed E-state index contributed by atoms with van der Waals surface area (Å²) in [5, 5.41) is 9.04. The largest absolute Gasteiger partial charge is 0.481 e. The molecular formula is C13H15NO3. The Morgan fingerprint density at radius 3 is 2.53 bits per heavy atom. The number of carboxylic acid groups (broad SMARTS) is 1. The molecule has 1 N–H and O–H groups in total. The van der Waals surface area contributed by atoms with E-state index < -0.39 is 11.9 Å². The van der Waals surface area contributed by atoms with Gasteiger partial charge in [-0.3, -0.25) is 9.59 Å². The first-order valence-corrected chi connectivity index (χ1v) is 5.59. The summed E-state index contributed by atoms with van der Waals surface area (Å²) >= 11 is 0. The number of carbonyl (C=O) groups excluding carboxylic acids is 1. The van der Waals surface area contributed by atoms with Gasteiger partial charge in [0.1, 0.15) is 5.92 Å². The summed E-state index contributed by atoms with van der Waals surface area (Å²) in [6.07, 6.45) is 0. The molecule has 2 unspecified atom stereocenters. The zero-order valence-electron chi connectivity index (χ0n) is 9.67. The summed E-state index contributed by atoms with van der Waals surface area (Å²) in [6.45, 7) is 0.893. The highest BCUT2D eigenvalue weighted by molar-refractivity contribution is 6.02. The SMILES string of the molecule is CN1CC(C(=O)O)C(=O)C(c2ccccc2)C1. The highest BCUT2D eigenvalue weighted by Gasteiger charge is 2.38. The molecule has 0 aliphatic carbocycles. The van der Waals surface area contributed by atoms with Crippen LogP contribution in [0.25, 0.3) is 0 Å². The highest BCUT2D eigenvalue weighted by Crippen LogP contribution is 2.26. The van der Waals surface area contributed by atoms with Crippen LogP contribution < -0.4 is 0 Å². The first-order valence-electron chi connectivity index (χ1n) is 5.59. The minimum absolute atomic E-state index is 0.179. The van der Waals surface area contributed by atoms with Crippen molar-refractivity contribution in [2.24, 2.45) is 5.92 Å². The van der Waals surface area contributed by atoms with Gasteiger partial charge in [-0.15, -0.1) is 0 Å². The summed E-state index contributed by atoms with van der Waals surface area (Å²) in [5.74, 6) is -2.43. The smallest absolute Gasteiger partial charge is 0.315 e. The van der Waals surface area contributed by atoms with Crippen LogP contribution in [0.1, 0.15) is 11.5 Å². The number of rotatable bonds is 2. The molecule has 1 saturated heterocycles. The molecule has 0 aromatic heterocycles. The van der Waals surface area contributed by atoms with Crippen molar-refractivity contribution in [1.82, 2.24) is 4.90 Å². The minimum Gasteiger partial charge on any atom is -0.481 e. The molecule has 1 aliphatic rings. The number of nitrogens with zero attached hydrogens (tertiary/aromatic N) is 1. The fraction of sp³-hybridized carbons (Fsp3) is 0.385. The third-order valence-corrected chi connectivity index (χ3v) is 3.18. The fourth-order valence-corrected chi connectivity index (χ4v) is 2.28. The molecule has 0 bridgehead atoms. The van der Waals surface area contributed by atoms with Crippen molar-refractivity contribution in [3.8, 4) is 0 Å². The molecule has 0 radical (unpaired) electrons. The van der Waals surface area contributed by atoms with Gasteiger partial charge < -0.3 is 10.0 Å². The molecule has 4 heteroatoms. The third kappa shape index (κ3) is 2.36. The number of likely N-dealkylation sites (tertiary alicyclic amines) is 1. The number of Topliss-reactive ketones (excluding diaryl/α,β-unsaturated/α-hetero) is 1. The summed E-state index contributed by atoms with van der Waals surface area (Å²) in [5.41, 5.74) is 0.898. The molecule has 1 aromatic carbocycles. The molecule has 2 atom stereocenters. The maximum atomic E-state index is 12.1. The van der Waals surface area contributed by atoms with Crippen LogP contribution in [0.5, 0.6) is 0 Å². The van der Waals surface area contributed by atoms with Crippen molar-refractivity contribution in [3.05, 3.63) is 35.9 Å². The second kappa shape index (κ2) is 4.67. The zero-order chi connectivity index (χ0) is 12.4. The molecule has 17 heavy (non-hydrogen) atoms. The lowest BCUT2D eigenvalue weighted by Gasteiger charge is -2.32. The van der Waals surface area contributed by atoms with Crippen LogP contribution >= 0.6 is 0 Å². The predicted molar refractivity (Wildman–Crippen MR) is 62.8 cm³/mol. The molecule has 0 spiro atoms. The van der Waals surface area contributed by atoms with E-state index in [1.54, 1.807) is 0 Å². The molecule has 1 heterocycles. The van der Waals surface area contributed by atoms with Crippen LogP contribution in [0.3, 0.4) is 0 Å². The minimum atomic E-state index is -1.03. The van der Waals surface area contributed by atoms with Gasteiger partial charge in [0.25, 0.3) is 0 Å². The van der Waals surface area contributed by atoms with E-state index in [0.29, 0.717) is 13.1 Å². The number of aliphatic carboxylic acids is 1. The molecule has 2 rings (SSSR count). The second-order valence-electron chi connectivity index (χ2n) is 4.48. The number of piperidine rings is 1. The Kier molecular flexibility index (Phi) is 3.24. The molecule has 1 aliphatic heterocycles. The predicted octanol–water partition coefficient (Wildman–Crippen LogP) is 0.985. The average molecular weight is 233 g/mol. The molecule has 90 valence electrons. The number of hydrogen-bond acceptors (Lipinski definition) is 3. The summed E-state index contributed by atoms with van der Waals surface area (Å²) in [4.78, 5) is 25.0. The van der Waals surface area contributed by atoms with Gasteiger partial charge in [0.15, 0.2) is 5.78 Å². The number of ketones is 1. The molecular weight excluding hydrogens is 218 g/mol. The maximum absolute atomic E-state index is 12.1. The van der Waals surface area contributed by atoms with E-state index in [9.17, 15) is 9.59 Å². The van der Waals surface area contributed by atoms with Crippen LogP contribution in [0.2, 0.25) is 0 Å². The van der Waals surface area contributed by atoms with Gasteiger partial charge in [0.05, 0.1) is 5.92 Å². The van der Waals surface area contributed by atoms with Crippen molar-refractivity contribution >= 4 is 11.8 Å². The van der Waals surface area contributed by atoms with E-state index in [4.69, 9.17) is 5.11 Å². The Labute approximate surface area is 99.9 Å². The van der Waals surface area contributed by atoms with Crippen LogP contribution in [-0.4, -0.2) is 41.9 Å². The monoisotopic (exact) mass is 233 g/mol. The number of likely N-dealkylation sites (N-methyl/N-ethyl adjacent to an activating group) is 1. The Morgan fingerprint density at radius 1 is 1.29 bits per heavy atom. The number of carboxylic acids is 1. The lowest BCUT2D eigenvalue weighted by molar-refractivity contribution is -0.149. The van der Waals surface area contributed by atoms with Crippen molar-refractivity contribution in [2.75, 3.05) is 20.1 Å². The second-order valence-corrected chi connectivity index (χ2v) is 4.48. The van der Waals surface area contributed by atoms with Crippen molar-refractivity contribution < 1.29 is 14.7 Å². The van der Waals surface area contributed by atoms with E-state index in [2.05, 4.69) is 0 Å². The lowest BCUT2D eigenvalue weighted by Crippen LogP contribution is -2.46. The van der Waals surface area contributed by atoms with Gasteiger partial charge in [-0.2, -0.15) is 0 Å².